The van der Waals surface area contributed by atoms with Gasteiger partial charge < -0.3 is 16.4 Å². The van der Waals surface area contributed by atoms with Gasteiger partial charge in [0, 0.05) is 18.2 Å². The number of hydrogen-bond acceptors (Lipinski definition) is 5. The fraction of sp³-hybridized carbons (Fsp3) is 0.333. The lowest BCUT2D eigenvalue weighted by atomic mass is 10.1. The third kappa shape index (κ3) is 3.67. The molecule has 0 aliphatic heterocycles. The van der Waals surface area contributed by atoms with E-state index in [4.69, 9.17) is 5.73 Å². The Kier molecular flexibility index (Phi) is 5.01. The maximum absolute atomic E-state index is 11.7. The maximum atomic E-state index is 11.7. The molecule has 1 rings (SSSR count). The Bertz CT molecular complexity index is 544. The number of nitrogens with one attached hydrogen (secondary N) is 2. The van der Waals surface area contributed by atoms with E-state index in [1.807, 2.05) is 0 Å². The highest BCUT2D eigenvalue weighted by molar-refractivity contribution is 5.96. The van der Waals surface area contributed by atoms with Gasteiger partial charge >= 0.3 is 0 Å². The molecule has 1 aromatic carbocycles. The van der Waals surface area contributed by atoms with Gasteiger partial charge in [-0.15, -0.1) is 0 Å². The summed E-state index contributed by atoms with van der Waals surface area (Å²) in [6.07, 6.45) is 0. The van der Waals surface area contributed by atoms with Gasteiger partial charge in [0.15, 0.2) is 0 Å². The van der Waals surface area contributed by atoms with Crippen molar-refractivity contribution in [2.24, 2.45) is 5.73 Å². The zero-order valence-electron chi connectivity index (χ0n) is 11.2. The molecule has 108 valence electrons. The highest BCUT2D eigenvalue weighted by Gasteiger charge is 2.19. The molecule has 1 atom stereocenters. The smallest absolute Gasteiger partial charge is 0.292 e. The van der Waals surface area contributed by atoms with Crippen molar-refractivity contribution in [3.63, 3.8) is 0 Å². The Balaban J connectivity index is 3.15. The predicted octanol–water partition coefficient (Wildman–Crippen LogP) is 0.630. The summed E-state index contributed by atoms with van der Waals surface area (Å²) in [6.45, 7) is 3.68. The zero-order chi connectivity index (χ0) is 15.3. The standard InChI is InChI=1S/C12H16N4O4/c1-3-14-12(18)8-4-5-10(16(19)20)9(6-8)15-7(2)11(13)17/h4-7,15H,3H2,1-2H3,(H2,13,17)(H,14,18). The van der Waals surface area contributed by atoms with E-state index >= 15 is 0 Å². The average Bonchev–Trinajstić information content (AvgIpc) is 2.38. The number of nitrogens with two attached hydrogens (primary N) is 1. The van der Waals surface area contributed by atoms with Gasteiger partial charge in [0.05, 0.1) is 4.92 Å². The van der Waals surface area contributed by atoms with Crippen LogP contribution in [0.3, 0.4) is 0 Å². The number of hydrogen-bond donors (Lipinski definition) is 3. The molecule has 2 amide bonds. The van der Waals surface area contributed by atoms with Gasteiger partial charge in [0.1, 0.15) is 11.7 Å². The Labute approximate surface area is 115 Å². The van der Waals surface area contributed by atoms with Crippen molar-refractivity contribution in [3.05, 3.63) is 33.9 Å². The lowest BCUT2D eigenvalue weighted by Gasteiger charge is -2.13. The number of rotatable bonds is 6. The second kappa shape index (κ2) is 6.50. The minimum Gasteiger partial charge on any atom is -0.368 e. The van der Waals surface area contributed by atoms with Crippen molar-refractivity contribution in [1.82, 2.24) is 5.32 Å². The molecular weight excluding hydrogens is 264 g/mol. The minimum atomic E-state index is -0.793. The van der Waals surface area contributed by atoms with Gasteiger partial charge in [-0.2, -0.15) is 0 Å². The summed E-state index contributed by atoms with van der Waals surface area (Å²) >= 11 is 0. The van der Waals surface area contributed by atoms with E-state index in [-0.39, 0.29) is 22.8 Å². The van der Waals surface area contributed by atoms with Crippen molar-refractivity contribution in [1.29, 1.82) is 0 Å². The van der Waals surface area contributed by atoms with E-state index in [1.54, 1.807) is 6.92 Å². The number of amides is 2. The second-order valence-electron chi connectivity index (χ2n) is 4.12. The van der Waals surface area contributed by atoms with Crippen molar-refractivity contribution in [3.8, 4) is 0 Å². The first-order valence-corrected chi connectivity index (χ1v) is 5.99. The first-order chi connectivity index (χ1) is 9.36. The van der Waals surface area contributed by atoms with E-state index < -0.39 is 16.9 Å². The van der Waals surface area contributed by atoms with Gasteiger partial charge in [-0.05, 0) is 26.0 Å². The number of nitrogens with zero attached hydrogens (tertiary/aromatic N) is 1. The van der Waals surface area contributed by atoms with Gasteiger partial charge in [0.2, 0.25) is 5.91 Å². The zero-order valence-corrected chi connectivity index (χ0v) is 11.2. The number of benzene rings is 1. The molecule has 0 saturated carbocycles. The summed E-state index contributed by atoms with van der Waals surface area (Å²) in [6, 6.07) is 3.09. The Morgan fingerprint density at radius 2 is 2.10 bits per heavy atom. The van der Waals surface area contributed by atoms with E-state index in [9.17, 15) is 19.7 Å². The number of carbonyl (C=O) groups is 2. The van der Waals surface area contributed by atoms with Crippen LogP contribution in [0.25, 0.3) is 0 Å². The Hall–Kier alpha value is -2.64. The molecule has 1 unspecified atom stereocenters. The van der Waals surface area contributed by atoms with Crippen LogP contribution in [-0.2, 0) is 4.79 Å². The van der Waals surface area contributed by atoms with Crippen LogP contribution in [0.15, 0.2) is 18.2 Å². The first-order valence-electron chi connectivity index (χ1n) is 5.99. The van der Waals surface area contributed by atoms with Crippen LogP contribution in [0.5, 0.6) is 0 Å². The molecule has 0 aliphatic carbocycles. The highest BCUT2D eigenvalue weighted by atomic mass is 16.6. The summed E-state index contributed by atoms with van der Waals surface area (Å²) in [5.41, 5.74) is 5.21. The predicted molar refractivity (Wildman–Crippen MR) is 73.4 cm³/mol. The number of anilines is 1. The minimum absolute atomic E-state index is 0.0741. The summed E-state index contributed by atoms with van der Waals surface area (Å²) in [5.74, 6) is -1.00. The number of carbonyl (C=O) groups excluding carboxylic acids is 2. The molecule has 0 fully saturated rings. The third-order valence-corrected chi connectivity index (χ3v) is 2.59. The summed E-state index contributed by atoms with van der Waals surface area (Å²) in [4.78, 5) is 33.0. The van der Waals surface area contributed by atoms with Crippen molar-refractivity contribution in [2.75, 3.05) is 11.9 Å². The Morgan fingerprint density at radius 3 is 2.60 bits per heavy atom. The number of nitro groups is 1. The monoisotopic (exact) mass is 280 g/mol. The van der Waals surface area contributed by atoms with Gasteiger partial charge in [-0.3, -0.25) is 19.7 Å². The van der Waals surface area contributed by atoms with E-state index in [0.717, 1.165) is 0 Å². The molecule has 8 heteroatoms. The molecule has 0 bridgehead atoms. The van der Waals surface area contributed by atoms with Crippen molar-refractivity contribution < 1.29 is 14.5 Å². The van der Waals surface area contributed by atoms with Crippen LogP contribution in [-0.4, -0.2) is 29.3 Å². The molecule has 0 spiro atoms. The number of nitro benzene ring substituents is 1. The van der Waals surface area contributed by atoms with E-state index in [2.05, 4.69) is 10.6 Å². The van der Waals surface area contributed by atoms with Gasteiger partial charge in [-0.25, -0.2) is 0 Å². The fourth-order valence-corrected chi connectivity index (χ4v) is 1.52. The molecule has 0 saturated heterocycles. The van der Waals surface area contributed by atoms with Crippen LogP contribution in [0.1, 0.15) is 24.2 Å². The molecule has 0 radical (unpaired) electrons. The van der Waals surface area contributed by atoms with E-state index in [0.29, 0.717) is 6.54 Å². The summed E-state index contributed by atoms with van der Waals surface area (Å²) in [7, 11) is 0. The molecule has 1 aromatic rings. The van der Waals surface area contributed by atoms with Crippen molar-refractivity contribution in [2.45, 2.75) is 19.9 Å². The molecule has 0 aromatic heterocycles. The van der Waals surface area contributed by atoms with Crippen LogP contribution in [0, 0.1) is 10.1 Å². The Morgan fingerprint density at radius 1 is 1.45 bits per heavy atom. The molecule has 4 N–H and O–H groups in total. The number of primary amides is 1. The molecule has 0 heterocycles. The topological polar surface area (TPSA) is 127 Å². The SMILES string of the molecule is CCNC(=O)c1ccc([N+](=O)[O-])c(NC(C)C(N)=O)c1. The van der Waals surface area contributed by atoms with Gasteiger partial charge in [0.25, 0.3) is 11.6 Å². The van der Waals surface area contributed by atoms with Crippen LogP contribution in [0.2, 0.25) is 0 Å². The second-order valence-corrected chi connectivity index (χ2v) is 4.12. The average molecular weight is 280 g/mol. The highest BCUT2D eigenvalue weighted by Crippen LogP contribution is 2.26. The first kappa shape index (κ1) is 15.4. The molecule has 20 heavy (non-hydrogen) atoms. The van der Waals surface area contributed by atoms with Crippen LogP contribution >= 0.6 is 0 Å². The third-order valence-electron chi connectivity index (χ3n) is 2.59. The normalized spacial score (nSPS) is 11.5. The van der Waals surface area contributed by atoms with E-state index in [1.165, 1.54) is 25.1 Å². The van der Waals surface area contributed by atoms with Crippen LogP contribution in [0.4, 0.5) is 11.4 Å². The van der Waals surface area contributed by atoms with Gasteiger partial charge in [-0.1, -0.05) is 0 Å². The lowest BCUT2D eigenvalue weighted by Crippen LogP contribution is -2.32. The molecule has 8 nitrogen and oxygen atoms in total. The van der Waals surface area contributed by atoms with Crippen molar-refractivity contribution >= 4 is 23.2 Å². The molecule has 0 aliphatic rings. The van der Waals surface area contributed by atoms with Crippen LogP contribution < -0.4 is 16.4 Å². The molecular formula is C12H16N4O4. The maximum Gasteiger partial charge on any atom is 0.292 e. The summed E-state index contributed by atoms with van der Waals surface area (Å²) in [5, 5.41) is 16.1. The lowest BCUT2D eigenvalue weighted by molar-refractivity contribution is -0.384. The largest absolute Gasteiger partial charge is 0.368 e. The summed E-state index contributed by atoms with van der Waals surface area (Å²) < 4.78 is 0. The quantitative estimate of drug-likeness (QED) is 0.520. The fourth-order valence-electron chi connectivity index (χ4n) is 1.52.